The van der Waals surface area contributed by atoms with Crippen molar-refractivity contribution in [2.24, 2.45) is 0 Å². The fourth-order valence-corrected chi connectivity index (χ4v) is 3.02. The average Bonchev–Trinajstić information content (AvgIpc) is 3.11. The molecule has 1 amide bonds. The van der Waals surface area contributed by atoms with E-state index in [-0.39, 0.29) is 16.9 Å². The molecular formula is C19H17ClN8O. The lowest BCUT2D eigenvalue weighted by atomic mass is 10.2. The minimum Gasteiger partial charge on any atom is -0.383 e. The Morgan fingerprint density at radius 1 is 1.17 bits per heavy atom. The number of hydrogen-bond donors (Lipinski definition) is 3. The van der Waals surface area contributed by atoms with Crippen LogP contribution in [0.1, 0.15) is 10.4 Å². The van der Waals surface area contributed by atoms with Gasteiger partial charge in [-0.1, -0.05) is 17.7 Å². The number of H-pyrrole nitrogens is 1. The van der Waals surface area contributed by atoms with Crippen molar-refractivity contribution >= 4 is 46.0 Å². The molecule has 0 saturated carbocycles. The third-order valence-electron chi connectivity index (χ3n) is 4.20. The van der Waals surface area contributed by atoms with E-state index in [0.717, 1.165) is 5.69 Å². The molecule has 0 radical (unpaired) electrons. The quantitative estimate of drug-likeness (QED) is 0.443. The van der Waals surface area contributed by atoms with Crippen LogP contribution in [0.2, 0.25) is 5.15 Å². The van der Waals surface area contributed by atoms with E-state index in [1.807, 2.05) is 37.2 Å². The topological polar surface area (TPSA) is 126 Å². The molecule has 10 heteroatoms. The van der Waals surface area contributed by atoms with Gasteiger partial charge in [-0.05, 0) is 24.3 Å². The molecule has 4 N–H and O–H groups in total. The van der Waals surface area contributed by atoms with Crippen LogP contribution in [0.15, 0.2) is 42.6 Å². The van der Waals surface area contributed by atoms with Crippen molar-refractivity contribution < 1.29 is 4.79 Å². The van der Waals surface area contributed by atoms with E-state index >= 15 is 0 Å². The molecule has 0 aliphatic rings. The highest BCUT2D eigenvalue weighted by molar-refractivity contribution is 6.29. The van der Waals surface area contributed by atoms with Crippen molar-refractivity contribution in [3.8, 4) is 11.5 Å². The SMILES string of the molecule is CN(C)c1ccnc(-c2nc3c(C(=O)Nc4nc(N)cc(Cl)n4)cccc3[nH]2)c1. The van der Waals surface area contributed by atoms with Crippen LogP contribution in [0.4, 0.5) is 17.5 Å². The van der Waals surface area contributed by atoms with Crippen molar-refractivity contribution in [2.75, 3.05) is 30.0 Å². The summed E-state index contributed by atoms with van der Waals surface area (Å²) in [6.45, 7) is 0. The standard InChI is InChI=1S/C19H17ClN8O/c1-28(2)10-6-7-22-13(8-10)17-23-12-5-3-4-11(16(12)26-17)18(29)27-19-24-14(20)9-15(21)25-19/h3-9H,1-2H3,(H,23,26)(H3,21,24,25,27,29). The Hall–Kier alpha value is -3.72. The number of para-hydroxylation sites is 1. The Morgan fingerprint density at radius 3 is 2.76 bits per heavy atom. The first kappa shape index (κ1) is 18.6. The number of nitrogens with zero attached hydrogens (tertiary/aromatic N) is 5. The normalized spacial score (nSPS) is 10.9. The summed E-state index contributed by atoms with van der Waals surface area (Å²) < 4.78 is 0. The zero-order valence-corrected chi connectivity index (χ0v) is 16.4. The first-order valence-electron chi connectivity index (χ1n) is 8.64. The lowest BCUT2D eigenvalue weighted by molar-refractivity contribution is 0.102. The number of nitrogens with one attached hydrogen (secondary N) is 2. The monoisotopic (exact) mass is 408 g/mol. The fraction of sp³-hybridized carbons (Fsp3) is 0.105. The summed E-state index contributed by atoms with van der Waals surface area (Å²) in [5.41, 5.74) is 8.88. The fourth-order valence-electron chi connectivity index (χ4n) is 2.82. The molecule has 0 bridgehead atoms. The molecule has 9 nitrogen and oxygen atoms in total. The molecular weight excluding hydrogens is 392 g/mol. The molecule has 0 aliphatic carbocycles. The maximum Gasteiger partial charge on any atom is 0.260 e. The summed E-state index contributed by atoms with van der Waals surface area (Å²) in [6, 6.07) is 10.5. The number of carbonyl (C=O) groups is 1. The van der Waals surface area contributed by atoms with E-state index in [1.54, 1.807) is 18.3 Å². The number of carbonyl (C=O) groups excluding carboxylic acids is 1. The van der Waals surface area contributed by atoms with Crippen molar-refractivity contribution in [1.29, 1.82) is 0 Å². The Balaban J connectivity index is 1.71. The van der Waals surface area contributed by atoms with Crippen LogP contribution in [-0.2, 0) is 0 Å². The van der Waals surface area contributed by atoms with E-state index in [4.69, 9.17) is 17.3 Å². The molecule has 0 saturated heterocycles. The lowest BCUT2D eigenvalue weighted by Gasteiger charge is -2.12. The average molecular weight is 409 g/mol. The van der Waals surface area contributed by atoms with Gasteiger partial charge in [0.2, 0.25) is 5.95 Å². The molecule has 29 heavy (non-hydrogen) atoms. The molecule has 0 fully saturated rings. The predicted octanol–water partition coefficient (Wildman–Crippen LogP) is 2.97. The molecule has 1 aromatic carbocycles. The number of halogens is 1. The number of imidazole rings is 1. The molecule has 4 rings (SSSR count). The zero-order valence-electron chi connectivity index (χ0n) is 15.6. The van der Waals surface area contributed by atoms with Crippen molar-refractivity contribution in [3.05, 3.63) is 53.3 Å². The van der Waals surface area contributed by atoms with Gasteiger partial charge in [-0.25, -0.2) is 9.97 Å². The molecule has 3 heterocycles. The summed E-state index contributed by atoms with van der Waals surface area (Å²) in [5, 5.41) is 2.74. The molecule has 3 aromatic heterocycles. The highest BCUT2D eigenvalue weighted by atomic mass is 35.5. The van der Waals surface area contributed by atoms with Crippen molar-refractivity contribution in [2.45, 2.75) is 0 Å². The van der Waals surface area contributed by atoms with Crippen LogP contribution in [0.5, 0.6) is 0 Å². The number of pyridine rings is 1. The van der Waals surface area contributed by atoms with Gasteiger partial charge in [0, 0.05) is 32.0 Å². The van der Waals surface area contributed by atoms with Crippen molar-refractivity contribution in [3.63, 3.8) is 0 Å². The number of rotatable bonds is 4. The Kier molecular flexibility index (Phi) is 4.73. The van der Waals surface area contributed by atoms with E-state index in [2.05, 4.69) is 30.2 Å². The van der Waals surface area contributed by atoms with E-state index in [0.29, 0.717) is 28.1 Å². The number of aromatic amines is 1. The van der Waals surface area contributed by atoms with Gasteiger partial charge in [-0.2, -0.15) is 4.98 Å². The predicted molar refractivity (Wildman–Crippen MR) is 113 cm³/mol. The van der Waals surface area contributed by atoms with Gasteiger partial charge in [-0.15, -0.1) is 0 Å². The summed E-state index contributed by atoms with van der Waals surface area (Å²) in [4.78, 5) is 34.9. The maximum absolute atomic E-state index is 12.8. The van der Waals surface area contributed by atoms with E-state index < -0.39 is 5.91 Å². The smallest absolute Gasteiger partial charge is 0.260 e. The second-order valence-corrected chi connectivity index (χ2v) is 6.86. The summed E-state index contributed by atoms with van der Waals surface area (Å²) in [5.74, 6) is 0.318. The lowest BCUT2D eigenvalue weighted by Crippen LogP contribution is -2.15. The van der Waals surface area contributed by atoms with Crippen molar-refractivity contribution in [1.82, 2.24) is 24.9 Å². The van der Waals surface area contributed by atoms with Gasteiger partial charge in [0.15, 0.2) is 5.82 Å². The Labute approximate surface area is 171 Å². The second-order valence-electron chi connectivity index (χ2n) is 6.47. The molecule has 0 spiro atoms. The number of nitrogen functional groups attached to an aromatic ring is 1. The van der Waals surface area contributed by atoms with Crippen LogP contribution < -0.4 is 16.0 Å². The highest BCUT2D eigenvalue weighted by Crippen LogP contribution is 2.24. The minimum atomic E-state index is -0.426. The van der Waals surface area contributed by atoms with Crippen LogP contribution in [0.3, 0.4) is 0 Å². The maximum atomic E-state index is 12.8. The summed E-state index contributed by atoms with van der Waals surface area (Å²) >= 11 is 5.87. The first-order chi connectivity index (χ1) is 13.9. The van der Waals surface area contributed by atoms with Gasteiger partial charge in [0.1, 0.15) is 22.2 Å². The minimum absolute atomic E-state index is 0.0214. The van der Waals surface area contributed by atoms with Crippen LogP contribution in [0, 0.1) is 0 Å². The van der Waals surface area contributed by atoms with E-state index in [9.17, 15) is 4.79 Å². The molecule has 0 unspecified atom stereocenters. The zero-order chi connectivity index (χ0) is 20.5. The number of fused-ring (bicyclic) bond motifs is 1. The number of hydrogen-bond acceptors (Lipinski definition) is 7. The largest absolute Gasteiger partial charge is 0.383 e. The van der Waals surface area contributed by atoms with Crippen LogP contribution in [-0.4, -0.2) is 44.9 Å². The molecule has 146 valence electrons. The molecule has 0 aliphatic heterocycles. The Bertz CT molecular complexity index is 1200. The first-order valence-corrected chi connectivity index (χ1v) is 9.02. The number of benzene rings is 1. The Morgan fingerprint density at radius 2 is 2.00 bits per heavy atom. The summed E-state index contributed by atoms with van der Waals surface area (Å²) in [7, 11) is 3.90. The van der Waals surface area contributed by atoms with Gasteiger partial charge < -0.3 is 15.6 Å². The van der Waals surface area contributed by atoms with Gasteiger partial charge >= 0.3 is 0 Å². The van der Waals surface area contributed by atoms with Crippen LogP contribution >= 0.6 is 11.6 Å². The van der Waals surface area contributed by atoms with E-state index in [1.165, 1.54) is 6.07 Å². The molecule has 0 atom stereocenters. The number of anilines is 3. The number of amides is 1. The van der Waals surface area contributed by atoms with Crippen LogP contribution in [0.25, 0.3) is 22.6 Å². The summed E-state index contributed by atoms with van der Waals surface area (Å²) in [6.07, 6.45) is 1.71. The number of nitrogens with two attached hydrogens (primary N) is 1. The third kappa shape index (κ3) is 3.81. The van der Waals surface area contributed by atoms with Gasteiger partial charge in [0.05, 0.1) is 11.1 Å². The third-order valence-corrected chi connectivity index (χ3v) is 4.39. The number of aromatic nitrogens is 5. The van der Waals surface area contributed by atoms with Gasteiger partial charge in [0.25, 0.3) is 5.91 Å². The second kappa shape index (κ2) is 7.36. The highest BCUT2D eigenvalue weighted by Gasteiger charge is 2.16. The molecule has 4 aromatic rings. The van der Waals surface area contributed by atoms with Gasteiger partial charge in [-0.3, -0.25) is 15.1 Å².